The van der Waals surface area contributed by atoms with Crippen LogP contribution in [0.4, 0.5) is 0 Å². The lowest BCUT2D eigenvalue weighted by molar-refractivity contribution is -0.159. The van der Waals surface area contributed by atoms with Gasteiger partial charge in [-0.15, -0.1) is 0 Å². The zero-order valence-corrected chi connectivity index (χ0v) is 8.30. The number of thioether (sulfide) groups is 1. The predicted molar refractivity (Wildman–Crippen MR) is 51.1 cm³/mol. The minimum atomic E-state index is -0.746. The van der Waals surface area contributed by atoms with E-state index in [1.807, 2.05) is 6.26 Å². The maximum Gasteiger partial charge on any atom is 0.330 e. The molecule has 0 bridgehead atoms. The fourth-order valence-electron chi connectivity index (χ4n) is 0.592. The normalized spacial score (nSPS) is 12.2. The third-order valence-corrected chi connectivity index (χ3v) is 1.96. The monoisotopic (exact) mass is 206 g/mol. The SMILES string of the molecule is CSCC[C@H](N)C(=O)OC(=O)CN. The first-order valence-corrected chi connectivity index (χ1v) is 5.20. The van der Waals surface area contributed by atoms with Crippen LogP contribution in [-0.4, -0.2) is 36.5 Å². The Morgan fingerprint density at radius 1 is 1.54 bits per heavy atom. The molecule has 0 rings (SSSR count). The molecule has 0 aromatic rings. The second kappa shape index (κ2) is 6.88. The first kappa shape index (κ1) is 12.4. The van der Waals surface area contributed by atoms with Crippen molar-refractivity contribution in [1.82, 2.24) is 0 Å². The van der Waals surface area contributed by atoms with Crippen LogP contribution in [0, 0.1) is 0 Å². The summed E-state index contributed by atoms with van der Waals surface area (Å²) in [5.41, 5.74) is 10.4. The van der Waals surface area contributed by atoms with Crippen LogP contribution in [0.15, 0.2) is 0 Å². The van der Waals surface area contributed by atoms with Gasteiger partial charge in [-0.05, 0) is 18.4 Å². The largest absolute Gasteiger partial charge is 0.391 e. The molecule has 0 aliphatic heterocycles. The van der Waals surface area contributed by atoms with Gasteiger partial charge in [0.2, 0.25) is 0 Å². The second-order valence-electron chi connectivity index (χ2n) is 2.39. The van der Waals surface area contributed by atoms with Gasteiger partial charge in [-0.25, -0.2) is 4.79 Å². The van der Waals surface area contributed by atoms with Crippen LogP contribution in [0.5, 0.6) is 0 Å². The molecule has 0 saturated carbocycles. The fourth-order valence-corrected chi connectivity index (χ4v) is 1.08. The van der Waals surface area contributed by atoms with Crippen LogP contribution < -0.4 is 11.5 Å². The molecular weight excluding hydrogens is 192 g/mol. The van der Waals surface area contributed by atoms with Gasteiger partial charge in [-0.3, -0.25) is 4.79 Å². The summed E-state index contributed by atoms with van der Waals surface area (Å²) < 4.78 is 4.32. The maximum atomic E-state index is 11.0. The molecule has 1 atom stereocenters. The van der Waals surface area contributed by atoms with Gasteiger partial charge in [-0.2, -0.15) is 11.8 Å². The van der Waals surface area contributed by atoms with Crippen molar-refractivity contribution in [2.45, 2.75) is 12.5 Å². The second-order valence-corrected chi connectivity index (χ2v) is 3.37. The summed E-state index contributed by atoms with van der Waals surface area (Å²) in [6, 6.07) is -0.733. The summed E-state index contributed by atoms with van der Waals surface area (Å²) in [5.74, 6) is -0.693. The first-order chi connectivity index (χ1) is 6.11. The Balaban J connectivity index is 3.75. The van der Waals surface area contributed by atoms with Gasteiger partial charge in [0.15, 0.2) is 0 Å². The molecule has 0 aliphatic carbocycles. The molecule has 0 fully saturated rings. The van der Waals surface area contributed by atoms with Crippen LogP contribution in [0.3, 0.4) is 0 Å². The minimum absolute atomic E-state index is 0.305. The van der Waals surface area contributed by atoms with E-state index in [-0.39, 0.29) is 6.54 Å². The Morgan fingerprint density at radius 3 is 2.62 bits per heavy atom. The highest BCUT2D eigenvalue weighted by Crippen LogP contribution is 2.00. The Labute approximate surface area is 81.2 Å². The average Bonchev–Trinajstić information content (AvgIpc) is 2.13. The third-order valence-electron chi connectivity index (χ3n) is 1.32. The number of hydrogen-bond donors (Lipinski definition) is 2. The molecule has 0 spiro atoms. The smallest absolute Gasteiger partial charge is 0.330 e. The summed E-state index contributed by atoms with van der Waals surface area (Å²) in [4.78, 5) is 21.6. The van der Waals surface area contributed by atoms with Gasteiger partial charge in [-0.1, -0.05) is 0 Å². The highest BCUT2D eigenvalue weighted by Gasteiger charge is 2.17. The first-order valence-electron chi connectivity index (χ1n) is 3.81. The molecule has 0 heterocycles. The molecular formula is C7H14N2O3S. The van der Waals surface area contributed by atoms with Gasteiger partial charge >= 0.3 is 11.9 Å². The summed E-state index contributed by atoms with van der Waals surface area (Å²) in [6.45, 7) is -0.305. The zero-order chi connectivity index (χ0) is 10.3. The number of carbonyl (C=O) groups excluding carboxylic acids is 2. The number of nitrogens with two attached hydrogens (primary N) is 2. The quantitative estimate of drug-likeness (QED) is 0.447. The summed E-state index contributed by atoms with van der Waals surface area (Å²) in [5, 5.41) is 0. The molecule has 0 aliphatic rings. The molecule has 0 unspecified atom stereocenters. The molecule has 5 nitrogen and oxygen atoms in total. The van der Waals surface area contributed by atoms with E-state index in [1.165, 1.54) is 0 Å². The summed E-state index contributed by atoms with van der Waals surface area (Å²) >= 11 is 1.57. The predicted octanol–water partition coefficient (Wildman–Crippen LogP) is -0.905. The van der Waals surface area contributed by atoms with Crippen LogP contribution >= 0.6 is 11.8 Å². The highest BCUT2D eigenvalue weighted by molar-refractivity contribution is 7.98. The average molecular weight is 206 g/mol. The van der Waals surface area contributed by atoms with Crippen LogP contribution in [0.25, 0.3) is 0 Å². The van der Waals surface area contributed by atoms with Crippen LogP contribution in [0.1, 0.15) is 6.42 Å². The van der Waals surface area contributed by atoms with E-state index >= 15 is 0 Å². The van der Waals surface area contributed by atoms with Gasteiger partial charge in [0, 0.05) is 0 Å². The van der Waals surface area contributed by atoms with Gasteiger partial charge < -0.3 is 16.2 Å². The molecule has 0 amide bonds. The van der Waals surface area contributed by atoms with Crippen molar-refractivity contribution in [2.24, 2.45) is 11.5 Å². The molecule has 0 aromatic carbocycles. The Bertz CT molecular complexity index is 187. The molecule has 0 aromatic heterocycles. The molecule has 0 saturated heterocycles. The lowest BCUT2D eigenvalue weighted by atomic mass is 10.2. The molecule has 0 radical (unpaired) electrons. The van der Waals surface area contributed by atoms with E-state index in [1.54, 1.807) is 11.8 Å². The Morgan fingerprint density at radius 2 is 2.15 bits per heavy atom. The maximum absolute atomic E-state index is 11.0. The Kier molecular flexibility index (Phi) is 6.56. The molecule has 13 heavy (non-hydrogen) atoms. The number of ether oxygens (including phenoxy) is 1. The topological polar surface area (TPSA) is 95.4 Å². The van der Waals surface area contributed by atoms with E-state index in [2.05, 4.69) is 4.74 Å². The van der Waals surface area contributed by atoms with Crippen LogP contribution in [0.2, 0.25) is 0 Å². The molecule has 4 N–H and O–H groups in total. The van der Waals surface area contributed by atoms with E-state index < -0.39 is 18.0 Å². The number of hydrogen-bond acceptors (Lipinski definition) is 6. The number of esters is 2. The van der Waals surface area contributed by atoms with E-state index in [4.69, 9.17) is 11.5 Å². The lowest BCUT2D eigenvalue weighted by Crippen LogP contribution is -2.35. The van der Waals surface area contributed by atoms with Crippen LogP contribution in [-0.2, 0) is 14.3 Å². The minimum Gasteiger partial charge on any atom is -0.391 e. The third kappa shape index (κ3) is 5.62. The van der Waals surface area contributed by atoms with Crippen molar-refractivity contribution in [1.29, 1.82) is 0 Å². The zero-order valence-electron chi connectivity index (χ0n) is 7.49. The van der Waals surface area contributed by atoms with Crippen molar-refractivity contribution >= 4 is 23.7 Å². The van der Waals surface area contributed by atoms with Crippen molar-refractivity contribution < 1.29 is 14.3 Å². The van der Waals surface area contributed by atoms with E-state index in [0.29, 0.717) is 6.42 Å². The van der Waals surface area contributed by atoms with Crippen molar-refractivity contribution in [3.8, 4) is 0 Å². The molecule has 76 valence electrons. The van der Waals surface area contributed by atoms with Gasteiger partial charge in [0.25, 0.3) is 0 Å². The van der Waals surface area contributed by atoms with Gasteiger partial charge in [0.1, 0.15) is 6.04 Å². The van der Waals surface area contributed by atoms with Crippen molar-refractivity contribution in [3.05, 3.63) is 0 Å². The number of carbonyl (C=O) groups is 2. The van der Waals surface area contributed by atoms with E-state index in [0.717, 1.165) is 5.75 Å². The summed E-state index contributed by atoms with van der Waals surface area (Å²) in [7, 11) is 0. The standard InChI is InChI=1S/C7H14N2O3S/c1-13-3-2-5(9)7(11)12-6(10)4-8/h5H,2-4,8-9H2,1H3/t5-/m0/s1. The van der Waals surface area contributed by atoms with Crippen molar-refractivity contribution in [2.75, 3.05) is 18.6 Å². The number of rotatable bonds is 5. The van der Waals surface area contributed by atoms with Gasteiger partial charge in [0.05, 0.1) is 6.54 Å². The Hall–Kier alpha value is -0.590. The molecule has 6 heteroatoms. The summed E-state index contributed by atoms with van der Waals surface area (Å²) in [6.07, 6.45) is 2.40. The fraction of sp³-hybridized carbons (Fsp3) is 0.714. The lowest BCUT2D eigenvalue weighted by Gasteiger charge is -2.08. The van der Waals surface area contributed by atoms with E-state index in [9.17, 15) is 9.59 Å². The van der Waals surface area contributed by atoms with Crippen molar-refractivity contribution in [3.63, 3.8) is 0 Å². The highest BCUT2D eigenvalue weighted by atomic mass is 32.2.